The first-order valence-corrected chi connectivity index (χ1v) is 10.1. The van der Waals surface area contributed by atoms with Crippen LogP contribution in [0.3, 0.4) is 0 Å². The van der Waals surface area contributed by atoms with Crippen LogP contribution >= 0.6 is 0 Å². The summed E-state index contributed by atoms with van der Waals surface area (Å²) in [6.07, 6.45) is 1.55. The predicted molar refractivity (Wildman–Crippen MR) is 124 cm³/mol. The Balaban J connectivity index is 1.43. The van der Waals surface area contributed by atoms with Gasteiger partial charge in [0.25, 0.3) is 5.91 Å². The molecule has 154 valence electrons. The van der Waals surface area contributed by atoms with E-state index >= 15 is 0 Å². The van der Waals surface area contributed by atoms with Gasteiger partial charge in [0, 0.05) is 36.5 Å². The third-order valence-corrected chi connectivity index (χ3v) is 5.03. The first kappa shape index (κ1) is 20.3. The lowest BCUT2D eigenvalue weighted by Crippen LogP contribution is -2.26. The van der Waals surface area contributed by atoms with E-state index in [1.54, 1.807) is 11.2 Å². The highest BCUT2D eigenvalue weighted by atomic mass is 16.2. The number of nitrogens with one attached hydrogen (secondary N) is 1. The van der Waals surface area contributed by atoms with Crippen LogP contribution < -0.4 is 5.32 Å². The van der Waals surface area contributed by atoms with Gasteiger partial charge in [0.15, 0.2) is 0 Å². The maximum absolute atomic E-state index is 12.7. The van der Waals surface area contributed by atoms with E-state index in [4.69, 9.17) is 0 Å². The Morgan fingerprint density at radius 3 is 2.32 bits per heavy atom. The molecule has 1 heterocycles. The minimum Gasteiger partial charge on any atom is -0.340 e. The van der Waals surface area contributed by atoms with Gasteiger partial charge in [0.1, 0.15) is 12.1 Å². The van der Waals surface area contributed by atoms with Crippen LogP contribution in [0.4, 0.5) is 11.5 Å². The van der Waals surface area contributed by atoms with Crippen molar-refractivity contribution < 1.29 is 4.79 Å². The summed E-state index contributed by atoms with van der Waals surface area (Å²) in [5.41, 5.74) is 5.71. The van der Waals surface area contributed by atoms with Gasteiger partial charge in [-0.1, -0.05) is 60.2 Å². The Bertz CT molecular complexity index is 1160. The van der Waals surface area contributed by atoms with Gasteiger partial charge in [0.05, 0.1) is 5.69 Å². The summed E-state index contributed by atoms with van der Waals surface area (Å²) >= 11 is 0. The standard InChI is InChI=1S/C26H24N4O/c1-19-8-10-21(11-9-19)24-16-25(28-18-27-24)29-23-14-12-22(13-15-23)26(31)30(2)17-20-6-4-3-5-7-20/h3-16,18H,17H2,1-2H3,(H,27,28,29). The summed E-state index contributed by atoms with van der Waals surface area (Å²) in [4.78, 5) is 23.1. The molecule has 31 heavy (non-hydrogen) atoms. The molecule has 0 unspecified atom stereocenters. The van der Waals surface area contributed by atoms with Gasteiger partial charge in [-0.3, -0.25) is 4.79 Å². The van der Waals surface area contributed by atoms with Crippen molar-refractivity contribution in [2.24, 2.45) is 0 Å². The van der Waals surface area contributed by atoms with E-state index in [1.807, 2.05) is 79.8 Å². The number of carbonyl (C=O) groups is 1. The topological polar surface area (TPSA) is 58.1 Å². The van der Waals surface area contributed by atoms with Crippen molar-refractivity contribution >= 4 is 17.4 Å². The maximum Gasteiger partial charge on any atom is 0.253 e. The first-order chi connectivity index (χ1) is 15.1. The van der Waals surface area contributed by atoms with Gasteiger partial charge in [-0.25, -0.2) is 9.97 Å². The van der Waals surface area contributed by atoms with Crippen molar-refractivity contribution in [3.05, 3.63) is 108 Å². The molecule has 0 radical (unpaired) electrons. The van der Waals surface area contributed by atoms with Crippen LogP contribution in [0.1, 0.15) is 21.5 Å². The van der Waals surface area contributed by atoms with Crippen LogP contribution in [0.5, 0.6) is 0 Å². The highest BCUT2D eigenvalue weighted by molar-refractivity contribution is 5.94. The number of benzene rings is 3. The van der Waals surface area contributed by atoms with E-state index in [0.717, 1.165) is 22.5 Å². The average Bonchev–Trinajstić information content (AvgIpc) is 2.80. The Labute approximate surface area is 182 Å². The zero-order valence-electron chi connectivity index (χ0n) is 17.6. The largest absolute Gasteiger partial charge is 0.340 e. The summed E-state index contributed by atoms with van der Waals surface area (Å²) < 4.78 is 0. The lowest BCUT2D eigenvalue weighted by atomic mass is 10.1. The number of hydrogen-bond acceptors (Lipinski definition) is 4. The van der Waals surface area contributed by atoms with Crippen LogP contribution in [0.25, 0.3) is 11.3 Å². The van der Waals surface area contributed by atoms with Gasteiger partial charge in [-0.05, 0) is 36.8 Å². The van der Waals surface area contributed by atoms with E-state index in [9.17, 15) is 4.79 Å². The van der Waals surface area contributed by atoms with Gasteiger partial charge < -0.3 is 10.2 Å². The normalized spacial score (nSPS) is 10.5. The number of hydrogen-bond donors (Lipinski definition) is 1. The zero-order chi connectivity index (χ0) is 21.6. The SMILES string of the molecule is Cc1ccc(-c2cc(Nc3ccc(C(=O)N(C)Cc4ccccc4)cc3)ncn2)cc1. The molecule has 0 aliphatic heterocycles. The summed E-state index contributed by atoms with van der Waals surface area (Å²) in [6, 6.07) is 27.5. The summed E-state index contributed by atoms with van der Waals surface area (Å²) in [5, 5.41) is 3.28. The monoisotopic (exact) mass is 408 g/mol. The minimum atomic E-state index is -0.0147. The molecule has 4 aromatic rings. The van der Waals surface area contributed by atoms with Crippen molar-refractivity contribution in [3.8, 4) is 11.3 Å². The molecule has 0 aliphatic rings. The predicted octanol–water partition coefficient (Wildman–Crippen LogP) is 5.47. The van der Waals surface area contributed by atoms with Gasteiger partial charge in [-0.2, -0.15) is 0 Å². The second kappa shape index (κ2) is 9.22. The molecule has 5 heteroatoms. The fraction of sp³-hybridized carbons (Fsp3) is 0.115. The number of rotatable bonds is 6. The zero-order valence-corrected chi connectivity index (χ0v) is 17.6. The highest BCUT2D eigenvalue weighted by Crippen LogP contribution is 2.22. The number of nitrogens with zero attached hydrogens (tertiary/aromatic N) is 3. The molecule has 5 nitrogen and oxygen atoms in total. The van der Waals surface area contributed by atoms with Crippen molar-refractivity contribution in [3.63, 3.8) is 0 Å². The quantitative estimate of drug-likeness (QED) is 0.460. The van der Waals surface area contributed by atoms with Crippen molar-refractivity contribution in [2.75, 3.05) is 12.4 Å². The fourth-order valence-electron chi connectivity index (χ4n) is 3.30. The smallest absolute Gasteiger partial charge is 0.253 e. The fourth-order valence-corrected chi connectivity index (χ4v) is 3.30. The van der Waals surface area contributed by atoms with Crippen molar-refractivity contribution in [1.82, 2.24) is 14.9 Å². The van der Waals surface area contributed by atoms with Crippen LogP contribution in [0.2, 0.25) is 0 Å². The Hall–Kier alpha value is -3.99. The Morgan fingerprint density at radius 2 is 1.61 bits per heavy atom. The van der Waals surface area contributed by atoms with Crippen molar-refractivity contribution in [2.45, 2.75) is 13.5 Å². The molecule has 1 amide bonds. The lowest BCUT2D eigenvalue weighted by Gasteiger charge is -2.17. The van der Waals surface area contributed by atoms with E-state index in [1.165, 1.54) is 5.56 Å². The lowest BCUT2D eigenvalue weighted by molar-refractivity contribution is 0.0785. The molecule has 1 aromatic heterocycles. The molecule has 3 aromatic carbocycles. The molecule has 0 saturated heterocycles. The summed E-state index contributed by atoms with van der Waals surface area (Å²) in [5.74, 6) is 0.685. The summed E-state index contributed by atoms with van der Waals surface area (Å²) in [6.45, 7) is 2.63. The first-order valence-electron chi connectivity index (χ1n) is 10.1. The van der Waals surface area contributed by atoms with Crippen molar-refractivity contribution in [1.29, 1.82) is 0 Å². The second-order valence-corrected chi connectivity index (χ2v) is 7.50. The highest BCUT2D eigenvalue weighted by Gasteiger charge is 2.12. The molecule has 1 N–H and O–H groups in total. The van der Waals surface area contributed by atoms with Gasteiger partial charge >= 0.3 is 0 Å². The maximum atomic E-state index is 12.7. The van der Waals surface area contributed by atoms with E-state index < -0.39 is 0 Å². The molecule has 0 atom stereocenters. The van der Waals surface area contributed by atoms with E-state index in [2.05, 4.69) is 34.3 Å². The molecule has 0 spiro atoms. The van der Waals surface area contributed by atoms with E-state index in [0.29, 0.717) is 17.9 Å². The van der Waals surface area contributed by atoms with E-state index in [-0.39, 0.29) is 5.91 Å². The van der Waals surface area contributed by atoms with Crippen LogP contribution in [0.15, 0.2) is 91.3 Å². The molecule has 4 rings (SSSR count). The third kappa shape index (κ3) is 5.14. The van der Waals surface area contributed by atoms with Crippen LogP contribution in [-0.4, -0.2) is 27.8 Å². The molecular weight excluding hydrogens is 384 g/mol. The number of aromatic nitrogens is 2. The Kier molecular flexibility index (Phi) is 6.03. The molecule has 0 bridgehead atoms. The number of carbonyl (C=O) groups excluding carboxylic acids is 1. The number of amides is 1. The van der Waals surface area contributed by atoms with Gasteiger partial charge in [0.2, 0.25) is 0 Å². The molecule has 0 aliphatic carbocycles. The molecule has 0 saturated carbocycles. The Morgan fingerprint density at radius 1 is 0.903 bits per heavy atom. The average molecular weight is 409 g/mol. The molecular formula is C26H24N4O. The molecule has 0 fully saturated rings. The summed E-state index contributed by atoms with van der Waals surface area (Å²) in [7, 11) is 1.81. The number of aryl methyl sites for hydroxylation is 1. The van der Waals surface area contributed by atoms with Crippen LogP contribution in [-0.2, 0) is 6.54 Å². The number of anilines is 2. The minimum absolute atomic E-state index is 0.0147. The second-order valence-electron chi connectivity index (χ2n) is 7.50. The van der Waals surface area contributed by atoms with Gasteiger partial charge in [-0.15, -0.1) is 0 Å². The third-order valence-electron chi connectivity index (χ3n) is 5.03. The van der Waals surface area contributed by atoms with Crippen LogP contribution in [0, 0.1) is 6.92 Å².